The minimum absolute atomic E-state index is 0.0669. The zero-order valence-corrected chi connectivity index (χ0v) is 21.4. The van der Waals surface area contributed by atoms with Crippen molar-refractivity contribution >= 4 is 23.4 Å². The number of amides is 2. The SMILES string of the molecule is COc1ccc(C2C3=C(CC(C)(C)CC3=O)N(CON3C(=O)c4ccccc4C3=O)c3ncccc32)cc1. The molecule has 0 N–H and O–H groups in total. The summed E-state index contributed by atoms with van der Waals surface area (Å²) in [4.78, 5) is 52.0. The van der Waals surface area contributed by atoms with Gasteiger partial charge in [0.25, 0.3) is 11.8 Å². The second-order valence-electron chi connectivity index (χ2n) is 10.6. The lowest BCUT2D eigenvalue weighted by molar-refractivity contribution is -0.118. The van der Waals surface area contributed by atoms with Gasteiger partial charge in [-0.15, -0.1) is 5.06 Å². The van der Waals surface area contributed by atoms with Crippen molar-refractivity contribution in [1.29, 1.82) is 0 Å². The molecule has 1 aromatic heterocycles. The van der Waals surface area contributed by atoms with Crippen LogP contribution in [-0.2, 0) is 9.63 Å². The van der Waals surface area contributed by atoms with Crippen molar-refractivity contribution < 1.29 is 24.0 Å². The van der Waals surface area contributed by atoms with E-state index >= 15 is 0 Å². The zero-order valence-electron chi connectivity index (χ0n) is 21.4. The Bertz CT molecular complexity index is 1470. The predicted octanol–water partition coefficient (Wildman–Crippen LogP) is 4.87. The fourth-order valence-corrected chi connectivity index (χ4v) is 5.70. The van der Waals surface area contributed by atoms with Crippen molar-refractivity contribution in [2.75, 3.05) is 18.7 Å². The lowest BCUT2D eigenvalue weighted by atomic mass is 9.68. The summed E-state index contributed by atoms with van der Waals surface area (Å²) in [6.45, 7) is 3.98. The number of carbonyl (C=O) groups is 3. The van der Waals surface area contributed by atoms with Crippen molar-refractivity contribution in [2.24, 2.45) is 5.41 Å². The highest BCUT2D eigenvalue weighted by atomic mass is 16.7. The van der Waals surface area contributed by atoms with Crippen LogP contribution >= 0.6 is 0 Å². The van der Waals surface area contributed by atoms with E-state index in [1.165, 1.54) is 0 Å². The van der Waals surface area contributed by atoms with Gasteiger partial charge in [0.2, 0.25) is 0 Å². The molecule has 6 rings (SSSR count). The number of benzene rings is 2. The number of methoxy groups -OCH3 is 1. The first-order valence-corrected chi connectivity index (χ1v) is 12.5. The average Bonchev–Trinajstić information content (AvgIpc) is 3.15. The summed E-state index contributed by atoms with van der Waals surface area (Å²) in [5.41, 5.74) is 3.65. The molecule has 0 saturated heterocycles. The van der Waals surface area contributed by atoms with E-state index in [0.29, 0.717) is 35.4 Å². The molecule has 0 radical (unpaired) electrons. The van der Waals surface area contributed by atoms with E-state index in [1.807, 2.05) is 41.3 Å². The molecule has 8 heteroatoms. The van der Waals surface area contributed by atoms with Crippen LogP contribution in [0.2, 0.25) is 0 Å². The molecule has 0 fully saturated rings. The summed E-state index contributed by atoms with van der Waals surface area (Å²) in [5, 5.41) is 0.804. The van der Waals surface area contributed by atoms with Crippen LogP contribution in [0, 0.1) is 5.41 Å². The maximum atomic E-state index is 13.7. The quantitative estimate of drug-likeness (QED) is 0.454. The molecule has 2 aliphatic heterocycles. The number of rotatable bonds is 5. The van der Waals surface area contributed by atoms with Crippen molar-refractivity contribution in [1.82, 2.24) is 10.0 Å². The summed E-state index contributed by atoms with van der Waals surface area (Å²) in [6.07, 6.45) is 2.73. The third-order valence-corrected chi connectivity index (χ3v) is 7.42. The van der Waals surface area contributed by atoms with Crippen LogP contribution in [0.25, 0.3) is 0 Å². The maximum absolute atomic E-state index is 13.7. The first kappa shape index (κ1) is 24.1. The molecule has 192 valence electrons. The summed E-state index contributed by atoms with van der Waals surface area (Å²) >= 11 is 0. The number of allylic oxidation sites excluding steroid dienone is 2. The molecule has 8 nitrogen and oxygen atoms in total. The lowest BCUT2D eigenvalue weighted by Gasteiger charge is -2.44. The van der Waals surface area contributed by atoms with Crippen molar-refractivity contribution in [3.05, 3.63) is 100 Å². The van der Waals surface area contributed by atoms with E-state index in [9.17, 15) is 14.4 Å². The first-order valence-electron chi connectivity index (χ1n) is 12.5. The van der Waals surface area contributed by atoms with Gasteiger partial charge in [-0.1, -0.05) is 44.2 Å². The van der Waals surface area contributed by atoms with Crippen molar-refractivity contribution in [3.8, 4) is 5.75 Å². The minimum Gasteiger partial charge on any atom is -0.497 e. The van der Waals surface area contributed by atoms with E-state index in [-0.39, 0.29) is 23.8 Å². The smallest absolute Gasteiger partial charge is 0.285 e. The number of hydroxylamine groups is 2. The second-order valence-corrected chi connectivity index (χ2v) is 10.6. The molecule has 0 saturated carbocycles. The normalized spacial score (nSPS) is 19.9. The van der Waals surface area contributed by atoms with Crippen LogP contribution in [0.1, 0.15) is 64.4 Å². The van der Waals surface area contributed by atoms with Crippen LogP contribution in [0.5, 0.6) is 5.75 Å². The Hall–Kier alpha value is -4.30. The lowest BCUT2D eigenvalue weighted by Crippen LogP contribution is -2.43. The average molecular weight is 510 g/mol. The summed E-state index contributed by atoms with van der Waals surface area (Å²) in [6, 6.07) is 18.2. The number of anilines is 1. The molecule has 2 aromatic carbocycles. The molecule has 3 aromatic rings. The number of hydrogen-bond donors (Lipinski definition) is 0. The van der Waals surface area contributed by atoms with Crippen LogP contribution < -0.4 is 9.64 Å². The Kier molecular flexibility index (Phi) is 5.65. The molecular weight excluding hydrogens is 482 g/mol. The van der Waals surface area contributed by atoms with Gasteiger partial charge in [0.15, 0.2) is 12.5 Å². The third kappa shape index (κ3) is 3.80. The van der Waals surface area contributed by atoms with Crippen LogP contribution in [0.15, 0.2) is 78.1 Å². The van der Waals surface area contributed by atoms with Gasteiger partial charge < -0.3 is 9.64 Å². The van der Waals surface area contributed by atoms with Gasteiger partial charge in [0, 0.05) is 35.4 Å². The number of pyridine rings is 1. The van der Waals surface area contributed by atoms with Crippen LogP contribution in [-0.4, -0.2) is 41.5 Å². The molecule has 0 bridgehead atoms. The van der Waals surface area contributed by atoms with Crippen LogP contribution in [0.3, 0.4) is 0 Å². The summed E-state index contributed by atoms with van der Waals surface area (Å²) < 4.78 is 5.34. The highest BCUT2D eigenvalue weighted by molar-refractivity contribution is 6.20. The van der Waals surface area contributed by atoms with Crippen molar-refractivity contribution in [3.63, 3.8) is 0 Å². The number of fused-ring (bicyclic) bond motifs is 2. The molecule has 3 heterocycles. The summed E-state index contributed by atoms with van der Waals surface area (Å²) in [7, 11) is 1.62. The third-order valence-electron chi connectivity index (χ3n) is 7.42. The fraction of sp³-hybridized carbons (Fsp3) is 0.267. The highest BCUT2D eigenvalue weighted by Gasteiger charge is 2.45. The Morgan fingerprint density at radius 2 is 1.61 bits per heavy atom. The standard InChI is InChI=1S/C30H27N3O5/c1-30(2)15-23-26(24(34)16-30)25(18-10-12-19(37-3)13-11-18)22-9-6-14-31-27(22)32(23)17-38-33-28(35)20-7-4-5-8-21(20)29(33)36/h4-14,25H,15-17H2,1-3H3. The van der Waals surface area contributed by atoms with Gasteiger partial charge in [-0.3, -0.25) is 14.4 Å². The van der Waals surface area contributed by atoms with Gasteiger partial charge in [-0.05, 0) is 47.7 Å². The number of hydrogen-bond acceptors (Lipinski definition) is 7. The molecule has 0 spiro atoms. The largest absolute Gasteiger partial charge is 0.497 e. The molecule has 1 unspecified atom stereocenters. The van der Waals surface area contributed by atoms with Crippen molar-refractivity contribution in [2.45, 2.75) is 32.6 Å². The first-order chi connectivity index (χ1) is 18.3. The van der Waals surface area contributed by atoms with Crippen LogP contribution in [0.4, 0.5) is 5.82 Å². The number of ketones is 1. The van der Waals surface area contributed by atoms with Gasteiger partial charge in [0.05, 0.1) is 18.2 Å². The number of aromatic nitrogens is 1. The molecule has 2 amide bonds. The van der Waals surface area contributed by atoms with E-state index in [1.54, 1.807) is 37.6 Å². The molecule has 38 heavy (non-hydrogen) atoms. The number of carbonyl (C=O) groups excluding carboxylic acids is 3. The Labute approximate surface area is 220 Å². The van der Waals surface area contributed by atoms with E-state index < -0.39 is 11.8 Å². The zero-order chi connectivity index (χ0) is 26.6. The Balaban J connectivity index is 1.42. The highest BCUT2D eigenvalue weighted by Crippen LogP contribution is 2.51. The van der Waals surface area contributed by atoms with E-state index in [4.69, 9.17) is 9.57 Å². The Morgan fingerprint density at radius 1 is 0.921 bits per heavy atom. The second kappa shape index (κ2) is 8.92. The number of ether oxygens (including phenoxy) is 1. The molecule has 3 aliphatic rings. The topological polar surface area (TPSA) is 89.0 Å². The van der Waals surface area contributed by atoms with E-state index in [2.05, 4.69) is 18.8 Å². The molecular formula is C30H27N3O5. The number of Topliss-reactive ketones (excluding diaryl/α,β-unsaturated/α-hetero) is 1. The van der Waals surface area contributed by atoms with E-state index in [0.717, 1.165) is 27.6 Å². The van der Waals surface area contributed by atoms with Gasteiger partial charge >= 0.3 is 0 Å². The monoisotopic (exact) mass is 509 g/mol. The minimum atomic E-state index is -0.505. The fourth-order valence-electron chi connectivity index (χ4n) is 5.70. The predicted molar refractivity (Wildman–Crippen MR) is 139 cm³/mol. The van der Waals surface area contributed by atoms with Gasteiger partial charge in [-0.2, -0.15) is 0 Å². The Morgan fingerprint density at radius 3 is 2.26 bits per heavy atom. The number of imide groups is 1. The molecule has 1 aliphatic carbocycles. The maximum Gasteiger partial charge on any atom is 0.285 e. The van der Waals surface area contributed by atoms with Gasteiger partial charge in [0.1, 0.15) is 11.6 Å². The molecule has 1 atom stereocenters. The summed E-state index contributed by atoms with van der Waals surface area (Å²) in [5.74, 6) is 0.117. The number of nitrogens with zero attached hydrogens (tertiary/aromatic N) is 3. The van der Waals surface area contributed by atoms with Gasteiger partial charge in [-0.25, -0.2) is 9.82 Å².